The van der Waals surface area contributed by atoms with Gasteiger partial charge in [-0.05, 0) is 6.92 Å². The molecule has 0 aromatic carbocycles. The van der Waals surface area contributed by atoms with Crippen molar-refractivity contribution in [1.29, 1.82) is 0 Å². The highest BCUT2D eigenvalue weighted by atomic mass is 19.4. The molecule has 0 rings (SSSR count). The molecule has 0 aromatic rings. The highest BCUT2D eigenvalue weighted by Gasteiger charge is 2.38. The maximum atomic E-state index is 10.6. The predicted octanol–water partition coefficient (Wildman–Crippen LogP) is -0.158. The van der Waals surface area contributed by atoms with E-state index in [0.717, 1.165) is 0 Å². The number of carboxylic acid groups (broad SMARTS) is 1. The van der Waals surface area contributed by atoms with Crippen LogP contribution in [0.25, 0.3) is 0 Å². The Kier molecular flexibility index (Phi) is 6.71. The Morgan fingerprint density at radius 3 is 1.71 bits per heavy atom. The molecule has 14 heavy (non-hydrogen) atoms. The first-order valence-corrected chi connectivity index (χ1v) is 3.41. The van der Waals surface area contributed by atoms with Crippen LogP contribution in [0.1, 0.15) is 13.3 Å². The minimum Gasteiger partial charge on any atom is -0.475 e. The van der Waals surface area contributed by atoms with Crippen LogP contribution in [0.4, 0.5) is 13.2 Å². The molecule has 8 heteroatoms. The van der Waals surface area contributed by atoms with Crippen LogP contribution in [-0.4, -0.2) is 29.2 Å². The van der Waals surface area contributed by atoms with Crippen molar-refractivity contribution in [3.8, 4) is 0 Å². The van der Waals surface area contributed by atoms with E-state index in [1.54, 1.807) is 6.92 Å². The number of carboxylic acids is 1. The van der Waals surface area contributed by atoms with Gasteiger partial charge in [-0.15, -0.1) is 0 Å². The Bertz CT molecular complexity index is 203. The number of alkyl halides is 3. The summed E-state index contributed by atoms with van der Waals surface area (Å²) in [6.45, 7) is 1.74. The Hall–Kier alpha value is -1.31. The van der Waals surface area contributed by atoms with Gasteiger partial charge in [0.2, 0.25) is 5.91 Å². The molecule has 0 aliphatic carbocycles. The lowest BCUT2D eigenvalue weighted by molar-refractivity contribution is -0.192. The molecule has 0 fully saturated rings. The van der Waals surface area contributed by atoms with Crippen LogP contribution in [0.5, 0.6) is 0 Å². The molecule has 5 N–H and O–H groups in total. The fourth-order valence-corrected chi connectivity index (χ4v) is 0.317. The zero-order chi connectivity index (χ0) is 11.9. The molecule has 0 radical (unpaired) electrons. The second kappa shape index (κ2) is 6.19. The summed E-state index contributed by atoms with van der Waals surface area (Å²) in [7, 11) is 0. The highest BCUT2D eigenvalue weighted by Crippen LogP contribution is 2.13. The van der Waals surface area contributed by atoms with E-state index in [0.29, 0.717) is 0 Å². The number of hydrogen-bond donors (Lipinski definition) is 3. The van der Waals surface area contributed by atoms with Crippen molar-refractivity contribution in [2.24, 2.45) is 11.5 Å². The van der Waals surface area contributed by atoms with Crippen molar-refractivity contribution in [3.63, 3.8) is 0 Å². The van der Waals surface area contributed by atoms with Crippen LogP contribution >= 0.6 is 0 Å². The number of primary amides is 1. The van der Waals surface area contributed by atoms with Crippen molar-refractivity contribution in [1.82, 2.24) is 0 Å². The normalized spacial score (nSPS) is 12.4. The number of halogens is 3. The molecule has 0 heterocycles. The van der Waals surface area contributed by atoms with Crippen molar-refractivity contribution in [2.75, 3.05) is 0 Å². The van der Waals surface area contributed by atoms with Crippen LogP contribution in [-0.2, 0) is 9.59 Å². The maximum absolute atomic E-state index is 10.6. The minimum absolute atomic E-state index is 0.0995. The number of carbonyl (C=O) groups excluding carboxylic acids is 1. The number of hydrogen-bond acceptors (Lipinski definition) is 3. The average Bonchev–Trinajstić information content (AvgIpc) is 1.81. The number of rotatable bonds is 2. The molecular formula is C6H11F3N2O3. The lowest BCUT2D eigenvalue weighted by atomic mass is 10.2. The Morgan fingerprint density at radius 1 is 1.43 bits per heavy atom. The summed E-state index contributed by atoms with van der Waals surface area (Å²) in [6, 6.07) is -0.0995. The second-order valence-corrected chi connectivity index (χ2v) is 2.45. The molecule has 84 valence electrons. The maximum Gasteiger partial charge on any atom is 0.490 e. The molecular weight excluding hydrogens is 205 g/mol. The van der Waals surface area contributed by atoms with Gasteiger partial charge < -0.3 is 16.6 Å². The van der Waals surface area contributed by atoms with E-state index in [9.17, 15) is 18.0 Å². The van der Waals surface area contributed by atoms with Crippen molar-refractivity contribution in [2.45, 2.75) is 25.6 Å². The van der Waals surface area contributed by atoms with Gasteiger partial charge in [0, 0.05) is 12.5 Å². The van der Waals surface area contributed by atoms with Crippen LogP contribution in [0, 0.1) is 0 Å². The number of aliphatic carboxylic acids is 1. The summed E-state index contributed by atoms with van der Waals surface area (Å²) in [6.07, 6.45) is -4.81. The summed E-state index contributed by atoms with van der Waals surface area (Å²) in [5.41, 5.74) is 9.97. The smallest absolute Gasteiger partial charge is 0.475 e. The molecule has 0 aromatic heterocycles. The second-order valence-electron chi connectivity index (χ2n) is 2.45. The first-order chi connectivity index (χ1) is 6.07. The Labute approximate surface area is 77.9 Å². The first kappa shape index (κ1) is 15.2. The molecule has 5 nitrogen and oxygen atoms in total. The Morgan fingerprint density at radius 2 is 1.71 bits per heavy atom. The summed E-state index contributed by atoms with van der Waals surface area (Å²) in [5.74, 6) is -3.09. The topological polar surface area (TPSA) is 106 Å². The van der Waals surface area contributed by atoms with E-state index in [4.69, 9.17) is 21.4 Å². The van der Waals surface area contributed by atoms with E-state index in [1.165, 1.54) is 0 Å². The molecule has 0 bridgehead atoms. The lowest BCUT2D eigenvalue weighted by Crippen LogP contribution is -2.24. The van der Waals surface area contributed by atoms with Crippen LogP contribution < -0.4 is 11.5 Å². The molecule has 0 spiro atoms. The molecule has 1 unspecified atom stereocenters. The summed E-state index contributed by atoms with van der Waals surface area (Å²) in [5, 5.41) is 7.12. The van der Waals surface area contributed by atoms with Gasteiger partial charge >= 0.3 is 12.1 Å². The zero-order valence-electron chi connectivity index (χ0n) is 7.34. The molecule has 1 amide bonds. The summed E-state index contributed by atoms with van der Waals surface area (Å²) < 4.78 is 31.7. The van der Waals surface area contributed by atoms with Crippen LogP contribution in [0.15, 0.2) is 0 Å². The van der Waals surface area contributed by atoms with E-state index in [-0.39, 0.29) is 18.4 Å². The largest absolute Gasteiger partial charge is 0.490 e. The third kappa shape index (κ3) is 13.3. The van der Waals surface area contributed by atoms with E-state index >= 15 is 0 Å². The number of nitrogens with two attached hydrogens (primary N) is 2. The van der Waals surface area contributed by atoms with Gasteiger partial charge in [0.1, 0.15) is 0 Å². The standard InChI is InChI=1S/C4H10N2O.C2HF3O2/c1-3(5)2-4(6)7;3-2(4,5)1(6)7/h3H,2,5H2,1H3,(H2,6,7);(H,6,7). The number of amides is 1. The van der Waals surface area contributed by atoms with Gasteiger partial charge in [-0.1, -0.05) is 0 Å². The zero-order valence-corrected chi connectivity index (χ0v) is 7.34. The van der Waals surface area contributed by atoms with Gasteiger partial charge in [-0.2, -0.15) is 13.2 Å². The van der Waals surface area contributed by atoms with Crippen molar-refractivity contribution in [3.05, 3.63) is 0 Å². The van der Waals surface area contributed by atoms with Crippen LogP contribution in [0.3, 0.4) is 0 Å². The predicted molar refractivity (Wildman–Crippen MR) is 41.2 cm³/mol. The summed E-state index contributed by atoms with van der Waals surface area (Å²) >= 11 is 0. The highest BCUT2D eigenvalue weighted by molar-refractivity contribution is 5.74. The quantitative estimate of drug-likeness (QED) is 0.596. The SMILES string of the molecule is CC(N)CC(N)=O.O=C(O)C(F)(F)F. The third-order valence-corrected chi connectivity index (χ3v) is 0.766. The van der Waals surface area contributed by atoms with Gasteiger partial charge in [0.25, 0.3) is 0 Å². The number of carbonyl (C=O) groups is 2. The van der Waals surface area contributed by atoms with Crippen molar-refractivity contribution >= 4 is 11.9 Å². The third-order valence-electron chi connectivity index (χ3n) is 0.766. The first-order valence-electron chi connectivity index (χ1n) is 3.41. The minimum atomic E-state index is -5.08. The van der Waals surface area contributed by atoms with Crippen molar-refractivity contribution < 1.29 is 27.9 Å². The molecule has 0 saturated heterocycles. The van der Waals surface area contributed by atoms with Gasteiger partial charge in [0.05, 0.1) is 0 Å². The molecule has 1 atom stereocenters. The molecule has 0 aliphatic heterocycles. The molecule has 0 saturated carbocycles. The molecule has 0 aliphatic rings. The average molecular weight is 216 g/mol. The van der Waals surface area contributed by atoms with Crippen LogP contribution in [0.2, 0.25) is 0 Å². The van der Waals surface area contributed by atoms with E-state index in [1.807, 2.05) is 0 Å². The lowest BCUT2D eigenvalue weighted by Gasteiger charge is -1.96. The Balaban J connectivity index is 0. The van der Waals surface area contributed by atoms with Gasteiger partial charge in [0.15, 0.2) is 0 Å². The fourth-order valence-electron chi connectivity index (χ4n) is 0.317. The van der Waals surface area contributed by atoms with E-state index in [2.05, 4.69) is 0 Å². The monoisotopic (exact) mass is 216 g/mol. The van der Waals surface area contributed by atoms with Gasteiger partial charge in [-0.3, -0.25) is 4.79 Å². The van der Waals surface area contributed by atoms with Gasteiger partial charge in [-0.25, -0.2) is 4.79 Å². The fraction of sp³-hybridized carbons (Fsp3) is 0.667. The van der Waals surface area contributed by atoms with E-state index < -0.39 is 12.1 Å². The summed E-state index contributed by atoms with van der Waals surface area (Å²) in [4.78, 5) is 18.8.